The normalized spacial score (nSPS) is 21.8. The molecule has 2 rings (SSSR count). The first kappa shape index (κ1) is 13.4. The quantitative estimate of drug-likeness (QED) is 0.637. The summed E-state index contributed by atoms with van der Waals surface area (Å²) < 4.78 is 32.5. The van der Waals surface area contributed by atoms with Crippen LogP contribution in [0.5, 0.6) is 0 Å². The molecule has 2 atom stereocenters. The Morgan fingerprint density at radius 2 is 2.11 bits per heavy atom. The highest BCUT2D eigenvalue weighted by atomic mass is 19.1. The van der Waals surface area contributed by atoms with Crippen LogP contribution in [0.4, 0.5) is 8.78 Å². The first-order valence-electron chi connectivity index (χ1n) is 6.19. The van der Waals surface area contributed by atoms with Gasteiger partial charge in [0.1, 0.15) is 11.6 Å². The summed E-state index contributed by atoms with van der Waals surface area (Å²) >= 11 is 0. The monoisotopic (exact) mass is 256 g/mol. The molecule has 1 fully saturated rings. The molecule has 0 bridgehead atoms. The summed E-state index contributed by atoms with van der Waals surface area (Å²) in [6, 6.07) is 3.73. The Morgan fingerprint density at radius 1 is 1.39 bits per heavy atom. The third-order valence-electron chi connectivity index (χ3n) is 3.46. The van der Waals surface area contributed by atoms with E-state index in [0.717, 1.165) is 19.4 Å². The molecular weight excluding hydrogens is 238 g/mol. The second kappa shape index (κ2) is 6.22. The Balaban J connectivity index is 2.09. The number of hydrogen-bond acceptors (Lipinski definition) is 3. The topological polar surface area (TPSA) is 47.3 Å². The van der Waals surface area contributed by atoms with Crippen LogP contribution in [-0.2, 0) is 11.2 Å². The van der Waals surface area contributed by atoms with Gasteiger partial charge in [-0.2, -0.15) is 0 Å². The minimum Gasteiger partial charge on any atom is -0.381 e. The van der Waals surface area contributed by atoms with Crippen LogP contribution in [0.3, 0.4) is 0 Å². The number of hydrogen-bond donors (Lipinski definition) is 2. The summed E-state index contributed by atoms with van der Waals surface area (Å²) in [6.45, 7) is 1.34. The molecule has 1 aromatic rings. The maximum atomic E-state index is 13.6. The van der Waals surface area contributed by atoms with Crippen molar-refractivity contribution >= 4 is 0 Å². The van der Waals surface area contributed by atoms with Crippen molar-refractivity contribution in [2.75, 3.05) is 13.2 Å². The Bertz CT molecular complexity index is 374. The largest absolute Gasteiger partial charge is 0.381 e. The van der Waals surface area contributed by atoms with E-state index in [1.807, 2.05) is 0 Å². The van der Waals surface area contributed by atoms with Gasteiger partial charge in [0, 0.05) is 18.2 Å². The zero-order valence-corrected chi connectivity index (χ0v) is 10.2. The molecule has 1 aliphatic heterocycles. The van der Waals surface area contributed by atoms with E-state index in [9.17, 15) is 8.78 Å². The Morgan fingerprint density at radius 3 is 2.67 bits per heavy atom. The number of nitrogens with two attached hydrogens (primary N) is 1. The fourth-order valence-electron chi connectivity index (χ4n) is 2.39. The average molecular weight is 256 g/mol. The van der Waals surface area contributed by atoms with Gasteiger partial charge in [0.25, 0.3) is 0 Å². The van der Waals surface area contributed by atoms with Gasteiger partial charge in [-0.3, -0.25) is 11.3 Å². The van der Waals surface area contributed by atoms with Crippen molar-refractivity contribution in [2.45, 2.75) is 25.3 Å². The second-order valence-corrected chi connectivity index (χ2v) is 4.65. The molecule has 3 N–H and O–H groups in total. The summed E-state index contributed by atoms with van der Waals surface area (Å²) in [4.78, 5) is 0. The molecule has 0 saturated carbocycles. The number of rotatable bonds is 4. The lowest BCUT2D eigenvalue weighted by Gasteiger charge is -2.30. The molecular formula is C13H18F2N2O. The molecule has 1 aromatic carbocycles. The molecule has 2 unspecified atom stereocenters. The number of benzene rings is 1. The second-order valence-electron chi connectivity index (χ2n) is 4.65. The van der Waals surface area contributed by atoms with E-state index >= 15 is 0 Å². The minimum atomic E-state index is -0.521. The van der Waals surface area contributed by atoms with Gasteiger partial charge in [0.2, 0.25) is 0 Å². The summed E-state index contributed by atoms with van der Waals surface area (Å²) in [5.74, 6) is 4.66. The summed E-state index contributed by atoms with van der Waals surface area (Å²) in [6.07, 6.45) is 2.16. The van der Waals surface area contributed by atoms with Crippen LogP contribution < -0.4 is 11.3 Å². The lowest BCUT2D eigenvalue weighted by atomic mass is 9.89. The van der Waals surface area contributed by atoms with Crippen LogP contribution in [-0.4, -0.2) is 19.3 Å². The van der Waals surface area contributed by atoms with Crippen molar-refractivity contribution in [3.8, 4) is 0 Å². The molecule has 0 spiro atoms. The van der Waals surface area contributed by atoms with Gasteiger partial charge in [-0.05, 0) is 37.3 Å². The van der Waals surface area contributed by atoms with Crippen molar-refractivity contribution in [3.05, 3.63) is 35.4 Å². The van der Waals surface area contributed by atoms with E-state index in [1.165, 1.54) is 18.2 Å². The molecule has 0 aromatic heterocycles. The minimum absolute atomic E-state index is 0.0889. The number of ether oxygens (including phenoxy) is 1. The van der Waals surface area contributed by atoms with E-state index in [4.69, 9.17) is 10.6 Å². The van der Waals surface area contributed by atoms with E-state index < -0.39 is 11.6 Å². The van der Waals surface area contributed by atoms with E-state index in [2.05, 4.69) is 5.43 Å². The lowest BCUT2D eigenvalue weighted by Crippen LogP contribution is -2.45. The Labute approximate surface area is 105 Å². The van der Waals surface area contributed by atoms with Gasteiger partial charge in [-0.1, -0.05) is 6.07 Å². The zero-order valence-electron chi connectivity index (χ0n) is 10.2. The number of halogens is 2. The SMILES string of the molecule is NNC(Cc1c(F)cccc1F)C1CCCOC1. The zero-order chi connectivity index (χ0) is 13.0. The number of hydrazine groups is 1. The van der Waals surface area contributed by atoms with Gasteiger partial charge in [-0.15, -0.1) is 0 Å². The van der Waals surface area contributed by atoms with Crippen molar-refractivity contribution in [1.82, 2.24) is 5.43 Å². The molecule has 1 aliphatic rings. The fourth-order valence-corrected chi connectivity index (χ4v) is 2.39. The molecule has 0 amide bonds. The smallest absolute Gasteiger partial charge is 0.129 e. The standard InChI is InChI=1S/C13H18F2N2O/c14-11-4-1-5-12(15)10(11)7-13(17-16)9-3-2-6-18-8-9/h1,4-5,9,13,17H,2-3,6-8,16H2. The molecule has 0 radical (unpaired) electrons. The lowest BCUT2D eigenvalue weighted by molar-refractivity contribution is 0.0390. The predicted molar refractivity (Wildman–Crippen MR) is 64.7 cm³/mol. The van der Waals surface area contributed by atoms with E-state index in [0.29, 0.717) is 6.61 Å². The van der Waals surface area contributed by atoms with Crippen LogP contribution in [0.1, 0.15) is 18.4 Å². The van der Waals surface area contributed by atoms with Crippen LogP contribution in [0.25, 0.3) is 0 Å². The van der Waals surface area contributed by atoms with Gasteiger partial charge < -0.3 is 4.74 Å². The predicted octanol–water partition coefficient (Wildman–Crippen LogP) is 1.77. The third kappa shape index (κ3) is 3.04. The first-order chi connectivity index (χ1) is 8.72. The van der Waals surface area contributed by atoms with Crippen LogP contribution in [0.2, 0.25) is 0 Å². The fraction of sp³-hybridized carbons (Fsp3) is 0.538. The highest BCUT2D eigenvalue weighted by Gasteiger charge is 2.25. The number of nitrogens with one attached hydrogen (secondary N) is 1. The van der Waals surface area contributed by atoms with Gasteiger partial charge in [0.05, 0.1) is 6.61 Å². The molecule has 0 aliphatic carbocycles. The van der Waals surface area contributed by atoms with E-state index in [1.54, 1.807) is 0 Å². The Kier molecular flexibility index (Phi) is 4.63. The summed E-state index contributed by atoms with van der Waals surface area (Å²) in [5.41, 5.74) is 2.75. The molecule has 3 nitrogen and oxygen atoms in total. The Hall–Kier alpha value is -1.04. The van der Waals surface area contributed by atoms with Crippen LogP contribution in [0, 0.1) is 17.6 Å². The van der Waals surface area contributed by atoms with Crippen molar-refractivity contribution in [2.24, 2.45) is 11.8 Å². The maximum Gasteiger partial charge on any atom is 0.129 e. The highest BCUT2D eigenvalue weighted by Crippen LogP contribution is 2.22. The average Bonchev–Trinajstić information content (AvgIpc) is 2.40. The molecule has 1 heterocycles. The van der Waals surface area contributed by atoms with Crippen molar-refractivity contribution in [1.29, 1.82) is 0 Å². The van der Waals surface area contributed by atoms with Gasteiger partial charge in [0.15, 0.2) is 0 Å². The summed E-state index contributed by atoms with van der Waals surface area (Å²) in [7, 11) is 0. The van der Waals surface area contributed by atoms with Crippen LogP contribution in [0.15, 0.2) is 18.2 Å². The van der Waals surface area contributed by atoms with Gasteiger partial charge >= 0.3 is 0 Å². The molecule has 100 valence electrons. The van der Waals surface area contributed by atoms with E-state index in [-0.39, 0.29) is 23.9 Å². The highest BCUT2D eigenvalue weighted by molar-refractivity contribution is 5.21. The first-order valence-corrected chi connectivity index (χ1v) is 6.19. The molecule has 1 saturated heterocycles. The van der Waals surface area contributed by atoms with Crippen molar-refractivity contribution in [3.63, 3.8) is 0 Å². The maximum absolute atomic E-state index is 13.6. The van der Waals surface area contributed by atoms with Crippen molar-refractivity contribution < 1.29 is 13.5 Å². The molecule has 18 heavy (non-hydrogen) atoms. The van der Waals surface area contributed by atoms with Gasteiger partial charge in [-0.25, -0.2) is 8.78 Å². The van der Waals surface area contributed by atoms with Crippen LogP contribution >= 0.6 is 0 Å². The molecule has 5 heteroatoms. The summed E-state index contributed by atoms with van der Waals surface area (Å²) in [5, 5.41) is 0. The third-order valence-corrected chi connectivity index (χ3v) is 3.46.